The number of esters is 1. The minimum atomic E-state index is -1.25. The highest BCUT2D eigenvalue weighted by molar-refractivity contribution is 5.98. The average Bonchev–Trinajstić information content (AvgIpc) is 2.38. The van der Waals surface area contributed by atoms with Gasteiger partial charge in [0.05, 0.1) is 18.6 Å². The van der Waals surface area contributed by atoms with Crippen LogP contribution in [0, 0.1) is 5.82 Å². The van der Waals surface area contributed by atoms with Gasteiger partial charge in [-0.3, -0.25) is 14.4 Å². The SMILES string of the molecule is CCOC(=O)C[C@H](NC(=O)c1ccccc1F)C(N)=O. The van der Waals surface area contributed by atoms with Crippen molar-refractivity contribution in [3.05, 3.63) is 35.6 Å². The molecule has 0 unspecified atom stereocenters. The average molecular weight is 282 g/mol. The van der Waals surface area contributed by atoms with E-state index in [0.29, 0.717) is 0 Å². The Labute approximate surface area is 115 Å². The van der Waals surface area contributed by atoms with Gasteiger partial charge in [0.2, 0.25) is 5.91 Å². The van der Waals surface area contributed by atoms with Crippen LogP contribution < -0.4 is 11.1 Å². The number of primary amides is 1. The quantitative estimate of drug-likeness (QED) is 0.736. The molecule has 1 atom stereocenters. The summed E-state index contributed by atoms with van der Waals surface area (Å²) in [7, 11) is 0. The molecular formula is C13H15FN2O4. The molecule has 0 aliphatic rings. The maximum Gasteiger partial charge on any atom is 0.308 e. The number of ether oxygens (including phenoxy) is 1. The highest BCUT2D eigenvalue weighted by Gasteiger charge is 2.23. The molecule has 0 aromatic heterocycles. The van der Waals surface area contributed by atoms with Gasteiger partial charge in [-0.1, -0.05) is 12.1 Å². The van der Waals surface area contributed by atoms with Gasteiger partial charge in [-0.05, 0) is 19.1 Å². The summed E-state index contributed by atoms with van der Waals surface area (Å²) >= 11 is 0. The van der Waals surface area contributed by atoms with Crippen LogP contribution in [0.4, 0.5) is 4.39 Å². The summed E-state index contributed by atoms with van der Waals surface area (Å²) in [5.74, 6) is -3.13. The van der Waals surface area contributed by atoms with Crippen LogP contribution in [0.15, 0.2) is 24.3 Å². The van der Waals surface area contributed by atoms with E-state index < -0.39 is 36.1 Å². The number of carbonyl (C=O) groups is 3. The Morgan fingerprint density at radius 3 is 2.55 bits per heavy atom. The molecule has 108 valence electrons. The van der Waals surface area contributed by atoms with E-state index >= 15 is 0 Å². The smallest absolute Gasteiger partial charge is 0.308 e. The summed E-state index contributed by atoms with van der Waals surface area (Å²) in [6, 6.07) is 4.02. The first-order valence-corrected chi connectivity index (χ1v) is 5.96. The molecular weight excluding hydrogens is 267 g/mol. The van der Waals surface area contributed by atoms with Crippen LogP contribution in [-0.4, -0.2) is 30.4 Å². The topological polar surface area (TPSA) is 98.5 Å². The Morgan fingerprint density at radius 1 is 1.35 bits per heavy atom. The maximum absolute atomic E-state index is 13.4. The summed E-state index contributed by atoms with van der Waals surface area (Å²) < 4.78 is 18.1. The lowest BCUT2D eigenvalue weighted by atomic mass is 10.1. The van der Waals surface area contributed by atoms with Gasteiger partial charge >= 0.3 is 5.97 Å². The first kappa shape index (κ1) is 15.6. The Kier molecular flexibility index (Phi) is 5.64. The second-order valence-corrected chi connectivity index (χ2v) is 3.92. The number of hydrogen-bond donors (Lipinski definition) is 2. The van der Waals surface area contributed by atoms with Gasteiger partial charge in [-0.15, -0.1) is 0 Å². The second-order valence-electron chi connectivity index (χ2n) is 3.92. The van der Waals surface area contributed by atoms with E-state index in [1.807, 2.05) is 0 Å². The first-order chi connectivity index (χ1) is 9.45. The van der Waals surface area contributed by atoms with Crippen molar-refractivity contribution >= 4 is 17.8 Å². The van der Waals surface area contributed by atoms with E-state index in [4.69, 9.17) is 5.73 Å². The van der Waals surface area contributed by atoms with Crippen LogP contribution >= 0.6 is 0 Å². The summed E-state index contributed by atoms with van der Waals surface area (Å²) in [6.45, 7) is 1.75. The van der Waals surface area contributed by atoms with Crippen LogP contribution in [0.25, 0.3) is 0 Å². The van der Waals surface area contributed by atoms with Gasteiger partial charge in [0.25, 0.3) is 5.91 Å². The molecule has 0 bridgehead atoms. The summed E-state index contributed by atoms with van der Waals surface area (Å²) in [4.78, 5) is 34.3. The number of rotatable bonds is 6. The summed E-state index contributed by atoms with van der Waals surface area (Å²) in [6.07, 6.45) is -0.399. The Bertz CT molecular complexity index is 519. The number of amides is 2. The molecule has 20 heavy (non-hydrogen) atoms. The highest BCUT2D eigenvalue weighted by Crippen LogP contribution is 2.07. The Balaban J connectivity index is 2.76. The lowest BCUT2D eigenvalue weighted by Gasteiger charge is -2.14. The maximum atomic E-state index is 13.4. The monoisotopic (exact) mass is 282 g/mol. The largest absolute Gasteiger partial charge is 0.466 e. The fourth-order valence-corrected chi connectivity index (χ4v) is 1.49. The molecule has 0 aliphatic heterocycles. The zero-order valence-electron chi connectivity index (χ0n) is 10.9. The van der Waals surface area contributed by atoms with Gasteiger partial charge in [-0.25, -0.2) is 4.39 Å². The predicted octanol–water partition coefficient (Wildman–Crippen LogP) is 0.363. The van der Waals surface area contributed by atoms with Crippen molar-refractivity contribution < 1.29 is 23.5 Å². The number of nitrogens with one attached hydrogen (secondary N) is 1. The van der Waals surface area contributed by atoms with Crippen molar-refractivity contribution in [1.29, 1.82) is 0 Å². The molecule has 0 saturated carbocycles. The molecule has 0 radical (unpaired) electrons. The predicted molar refractivity (Wildman–Crippen MR) is 68.1 cm³/mol. The van der Waals surface area contributed by atoms with E-state index in [2.05, 4.69) is 10.1 Å². The molecule has 0 fully saturated rings. The van der Waals surface area contributed by atoms with E-state index in [1.165, 1.54) is 18.2 Å². The molecule has 7 heteroatoms. The molecule has 3 N–H and O–H groups in total. The van der Waals surface area contributed by atoms with E-state index in [-0.39, 0.29) is 12.2 Å². The first-order valence-electron chi connectivity index (χ1n) is 5.96. The third-order valence-electron chi connectivity index (χ3n) is 2.44. The van der Waals surface area contributed by atoms with Crippen molar-refractivity contribution in [2.45, 2.75) is 19.4 Å². The number of hydrogen-bond acceptors (Lipinski definition) is 4. The number of carbonyl (C=O) groups excluding carboxylic acids is 3. The fraction of sp³-hybridized carbons (Fsp3) is 0.308. The van der Waals surface area contributed by atoms with Gasteiger partial charge in [0, 0.05) is 0 Å². The Morgan fingerprint density at radius 2 is 2.00 bits per heavy atom. The lowest BCUT2D eigenvalue weighted by molar-refractivity contribution is -0.145. The van der Waals surface area contributed by atoms with Gasteiger partial charge in [0.1, 0.15) is 11.9 Å². The lowest BCUT2D eigenvalue weighted by Crippen LogP contribution is -2.46. The number of nitrogens with two attached hydrogens (primary N) is 1. The van der Waals surface area contributed by atoms with Crippen LogP contribution in [0.5, 0.6) is 0 Å². The second kappa shape index (κ2) is 7.22. The zero-order valence-corrected chi connectivity index (χ0v) is 10.9. The van der Waals surface area contributed by atoms with Gasteiger partial charge in [0.15, 0.2) is 0 Å². The van der Waals surface area contributed by atoms with Crippen molar-refractivity contribution in [3.63, 3.8) is 0 Å². The van der Waals surface area contributed by atoms with Crippen molar-refractivity contribution in [1.82, 2.24) is 5.32 Å². The highest BCUT2D eigenvalue weighted by atomic mass is 19.1. The zero-order chi connectivity index (χ0) is 15.1. The van der Waals surface area contributed by atoms with Crippen LogP contribution in [0.3, 0.4) is 0 Å². The van der Waals surface area contributed by atoms with Crippen molar-refractivity contribution in [2.75, 3.05) is 6.61 Å². The molecule has 2 amide bonds. The normalized spacial score (nSPS) is 11.5. The molecule has 0 heterocycles. The molecule has 1 rings (SSSR count). The van der Waals surface area contributed by atoms with Crippen molar-refractivity contribution in [2.24, 2.45) is 5.73 Å². The molecule has 6 nitrogen and oxygen atoms in total. The van der Waals surface area contributed by atoms with Gasteiger partial charge in [-0.2, -0.15) is 0 Å². The molecule has 0 spiro atoms. The summed E-state index contributed by atoms with van der Waals surface area (Å²) in [5.41, 5.74) is 4.86. The standard InChI is InChI=1S/C13H15FN2O4/c1-2-20-11(17)7-10(12(15)18)16-13(19)8-5-3-4-6-9(8)14/h3-6,10H,2,7H2,1H3,(H2,15,18)(H,16,19)/t10-/m0/s1. The summed E-state index contributed by atoms with van der Waals surface area (Å²) in [5, 5.41) is 2.21. The molecule has 1 aromatic rings. The van der Waals surface area contributed by atoms with Crippen LogP contribution in [-0.2, 0) is 14.3 Å². The van der Waals surface area contributed by atoms with E-state index in [9.17, 15) is 18.8 Å². The number of halogens is 1. The third kappa shape index (κ3) is 4.34. The molecule has 0 aliphatic carbocycles. The minimum Gasteiger partial charge on any atom is -0.466 e. The Hall–Kier alpha value is -2.44. The molecule has 1 aromatic carbocycles. The third-order valence-corrected chi connectivity index (χ3v) is 2.44. The van der Waals surface area contributed by atoms with E-state index in [1.54, 1.807) is 6.92 Å². The number of benzene rings is 1. The van der Waals surface area contributed by atoms with Crippen molar-refractivity contribution in [3.8, 4) is 0 Å². The van der Waals surface area contributed by atoms with Gasteiger partial charge < -0.3 is 15.8 Å². The van der Waals surface area contributed by atoms with E-state index in [0.717, 1.165) is 6.07 Å². The fourth-order valence-electron chi connectivity index (χ4n) is 1.49. The van der Waals surface area contributed by atoms with Crippen LogP contribution in [0.2, 0.25) is 0 Å². The minimum absolute atomic E-state index is 0.144. The molecule has 0 saturated heterocycles. The van der Waals surface area contributed by atoms with Crippen LogP contribution in [0.1, 0.15) is 23.7 Å².